The van der Waals surface area contributed by atoms with Gasteiger partial charge in [-0.2, -0.15) is 0 Å². The minimum absolute atomic E-state index is 0.222. The van der Waals surface area contributed by atoms with Crippen molar-refractivity contribution in [3.05, 3.63) is 76.2 Å². The van der Waals surface area contributed by atoms with E-state index in [1.165, 1.54) is 66.6 Å². The number of aromatic nitrogens is 1. The maximum atomic E-state index is 6.36. The molecule has 0 N–H and O–H groups in total. The Morgan fingerprint density at radius 1 is 1.00 bits per heavy atom. The van der Waals surface area contributed by atoms with E-state index in [1.54, 1.807) is 0 Å². The van der Waals surface area contributed by atoms with Gasteiger partial charge in [-0.05, 0) is 60.1 Å². The van der Waals surface area contributed by atoms with Gasteiger partial charge in [0.2, 0.25) is 0 Å². The smallest absolute Gasteiger partial charge is 0.0783 e. The Labute approximate surface area is 192 Å². The predicted molar refractivity (Wildman–Crippen MR) is 128 cm³/mol. The minimum Gasteiger partial charge on any atom is -0.373 e. The number of aryl methyl sites for hydroxylation is 2. The van der Waals surface area contributed by atoms with Crippen molar-refractivity contribution in [3.63, 3.8) is 0 Å². The molecule has 3 nitrogen and oxygen atoms in total. The minimum atomic E-state index is 0.222. The summed E-state index contributed by atoms with van der Waals surface area (Å²) in [5, 5.41) is 0.834. The molecule has 2 fully saturated rings. The van der Waals surface area contributed by atoms with Gasteiger partial charge in [0.1, 0.15) is 0 Å². The Morgan fingerprint density at radius 2 is 1.77 bits per heavy atom. The molecule has 0 amide bonds. The summed E-state index contributed by atoms with van der Waals surface area (Å²) >= 11 is 6.36. The molecule has 1 unspecified atom stereocenters. The standard InChI is InChI=1S/C27H34ClN3/c1-20(18-21-6-3-2-4-7-21)30-14-16-31(17-15-30)27-25-12-11-24(28)19-23(25)10-9-22-8-5-13-29-26(22)27/h5,8,11-13,19,21,27H,1-4,6-7,9-10,14-18H2. The summed E-state index contributed by atoms with van der Waals surface area (Å²) in [6.07, 6.45) is 12.2. The van der Waals surface area contributed by atoms with Gasteiger partial charge in [0.25, 0.3) is 0 Å². The van der Waals surface area contributed by atoms with Gasteiger partial charge < -0.3 is 4.90 Å². The van der Waals surface area contributed by atoms with Crippen molar-refractivity contribution in [3.8, 4) is 0 Å². The molecule has 1 atom stereocenters. The molecule has 1 aromatic heterocycles. The average molecular weight is 436 g/mol. The summed E-state index contributed by atoms with van der Waals surface area (Å²) in [5.74, 6) is 0.855. The highest BCUT2D eigenvalue weighted by Gasteiger charge is 2.32. The second-order valence-corrected chi connectivity index (χ2v) is 10.0. The molecule has 5 rings (SSSR count). The van der Waals surface area contributed by atoms with Gasteiger partial charge in [0.05, 0.1) is 11.7 Å². The van der Waals surface area contributed by atoms with Crippen LogP contribution in [-0.2, 0) is 12.8 Å². The van der Waals surface area contributed by atoms with Crippen molar-refractivity contribution >= 4 is 11.6 Å². The SMILES string of the molecule is C=C(CC1CCCCC1)N1CCN(C2c3ccc(Cl)cc3CCc3cccnc32)CC1. The summed E-state index contributed by atoms with van der Waals surface area (Å²) in [7, 11) is 0. The van der Waals surface area contributed by atoms with Crippen LogP contribution in [0.15, 0.2) is 48.8 Å². The fourth-order valence-corrected chi connectivity index (χ4v) is 6.10. The van der Waals surface area contributed by atoms with Crippen LogP contribution in [-0.4, -0.2) is 41.0 Å². The first kappa shape index (κ1) is 21.0. The van der Waals surface area contributed by atoms with Crippen molar-refractivity contribution in [2.24, 2.45) is 5.92 Å². The van der Waals surface area contributed by atoms with E-state index in [1.807, 2.05) is 12.3 Å². The summed E-state index contributed by atoms with van der Waals surface area (Å²) in [6.45, 7) is 8.71. The lowest BCUT2D eigenvalue weighted by molar-refractivity contribution is 0.124. The van der Waals surface area contributed by atoms with Gasteiger partial charge in [-0.25, -0.2) is 0 Å². The van der Waals surface area contributed by atoms with E-state index >= 15 is 0 Å². The second-order valence-electron chi connectivity index (χ2n) is 9.59. The number of benzene rings is 1. The molecule has 1 saturated carbocycles. The molecular weight excluding hydrogens is 402 g/mol. The molecule has 2 heterocycles. The molecule has 1 aliphatic heterocycles. The molecule has 3 aliphatic rings. The Morgan fingerprint density at radius 3 is 2.58 bits per heavy atom. The van der Waals surface area contributed by atoms with E-state index in [-0.39, 0.29) is 6.04 Å². The van der Waals surface area contributed by atoms with Crippen molar-refractivity contribution in [1.29, 1.82) is 0 Å². The van der Waals surface area contributed by atoms with Gasteiger partial charge in [0.15, 0.2) is 0 Å². The van der Waals surface area contributed by atoms with Crippen LogP contribution in [0.4, 0.5) is 0 Å². The summed E-state index contributed by atoms with van der Waals surface area (Å²) in [5.41, 5.74) is 6.73. The van der Waals surface area contributed by atoms with Gasteiger partial charge in [-0.1, -0.05) is 62.4 Å². The third-order valence-electron chi connectivity index (χ3n) is 7.62. The fraction of sp³-hybridized carbons (Fsp3) is 0.519. The third-order valence-corrected chi connectivity index (χ3v) is 7.86. The van der Waals surface area contributed by atoms with Crippen molar-refractivity contribution in [1.82, 2.24) is 14.8 Å². The second kappa shape index (κ2) is 9.34. The molecule has 31 heavy (non-hydrogen) atoms. The zero-order valence-corrected chi connectivity index (χ0v) is 19.3. The van der Waals surface area contributed by atoms with Crippen LogP contribution in [0.5, 0.6) is 0 Å². The lowest BCUT2D eigenvalue weighted by Crippen LogP contribution is -2.47. The molecule has 0 radical (unpaired) electrons. The first-order valence-electron chi connectivity index (χ1n) is 12.1. The van der Waals surface area contributed by atoms with E-state index in [2.05, 4.69) is 40.6 Å². The Balaban J connectivity index is 1.33. The normalized spacial score (nSPS) is 22.5. The maximum absolute atomic E-state index is 6.36. The molecule has 164 valence electrons. The Hall–Kier alpha value is -1.84. The molecule has 4 heteroatoms. The molecule has 1 aromatic carbocycles. The van der Waals surface area contributed by atoms with Gasteiger partial charge in [0, 0.05) is 43.1 Å². The number of nitrogens with zero attached hydrogens (tertiary/aromatic N) is 3. The summed E-state index contributed by atoms with van der Waals surface area (Å²) in [4.78, 5) is 10.1. The first-order chi connectivity index (χ1) is 15.2. The van der Waals surface area contributed by atoms with E-state index in [0.717, 1.165) is 50.0 Å². The zero-order valence-electron chi connectivity index (χ0n) is 18.5. The fourth-order valence-electron chi connectivity index (χ4n) is 5.90. The van der Waals surface area contributed by atoms with E-state index in [0.29, 0.717) is 0 Å². The number of hydrogen-bond acceptors (Lipinski definition) is 3. The molecular formula is C27H34ClN3. The molecule has 0 bridgehead atoms. The Bertz CT molecular complexity index is 926. The van der Waals surface area contributed by atoms with Crippen LogP contribution >= 0.6 is 11.6 Å². The first-order valence-corrected chi connectivity index (χ1v) is 12.5. The monoisotopic (exact) mass is 435 g/mol. The maximum Gasteiger partial charge on any atom is 0.0783 e. The van der Waals surface area contributed by atoms with E-state index < -0.39 is 0 Å². The summed E-state index contributed by atoms with van der Waals surface area (Å²) < 4.78 is 0. The van der Waals surface area contributed by atoms with E-state index in [9.17, 15) is 0 Å². The average Bonchev–Trinajstić information content (AvgIpc) is 2.96. The van der Waals surface area contributed by atoms with E-state index in [4.69, 9.17) is 16.6 Å². The molecule has 2 aliphatic carbocycles. The number of fused-ring (bicyclic) bond motifs is 2. The van der Waals surface area contributed by atoms with Gasteiger partial charge in [-0.3, -0.25) is 9.88 Å². The molecule has 2 aromatic rings. The Kier molecular flexibility index (Phi) is 6.34. The van der Waals surface area contributed by atoms with Crippen molar-refractivity contribution in [2.75, 3.05) is 26.2 Å². The lowest BCUT2D eigenvalue weighted by Gasteiger charge is -2.42. The zero-order chi connectivity index (χ0) is 21.2. The number of piperazine rings is 1. The lowest BCUT2D eigenvalue weighted by atomic mass is 9.86. The molecule has 0 spiro atoms. The topological polar surface area (TPSA) is 19.4 Å². The van der Waals surface area contributed by atoms with Crippen LogP contribution in [0.3, 0.4) is 0 Å². The van der Waals surface area contributed by atoms with Crippen molar-refractivity contribution < 1.29 is 0 Å². The number of allylic oxidation sites excluding steroid dienone is 1. The largest absolute Gasteiger partial charge is 0.373 e. The summed E-state index contributed by atoms with van der Waals surface area (Å²) in [6, 6.07) is 11.0. The van der Waals surface area contributed by atoms with Crippen LogP contribution in [0.1, 0.15) is 67.0 Å². The molecule has 1 saturated heterocycles. The number of hydrogen-bond donors (Lipinski definition) is 0. The predicted octanol–water partition coefficient (Wildman–Crippen LogP) is 6.02. The van der Waals surface area contributed by atoms with Gasteiger partial charge >= 0.3 is 0 Å². The number of halogens is 1. The highest BCUT2D eigenvalue weighted by molar-refractivity contribution is 6.30. The number of pyridine rings is 1. The third kappa shape index (κ3) is 4.54. The van der Waals surface area contributed by atoms with Gasteiger partial charge in [-0.15, -0.1) is 0 Å². The van der Waals surface area contributed by atoms with Crippen molar-refractivity contribution in [2.45, 2.75) is 57.4 Å². The van der Waals surface area contributed by atoms with Crippen LogP contribution in [0, 0.1) is 5.92 Å². The quantitative estimate of drug-likeness (QED) is 0.584. The number of rotatable bonds is 4. The highest BCUT2D eigenvalue weighted by atomic mass is 35.5. The van der Waals surface area contributed by atoms with Crippen LogP contribution < -0.4 is 0 Å². The highest BCUT2D eigenvalue weighted by Crippen LogP contribution is 2.37. The van der Waals surface area contributed by atoms with Crippen LogP contribution in [0.25, 0.3) is 0 Å². The van der Waals surface area contributed by atoms with Crippen LogP contribution in [0.2, 0.25) is 5.02 Å².